The third-order valence-corrected chi connectivity index (χ3v) is 7.56. The Hall–Kier alpha value is -3.47. The first-order valence-electron chi connectivity index (χ1n) is 10.8. The molecule has 9 nitrogen and oxygen atoms in total. The van der Waals surface area contributed by atoms with E-state index in [0.29, 0.717) is 24.1 Å². The van der Waals surface area contributed by atoms with Gasteiger partial charge in [0, 0.05) is 17.8 Å². The third-order valence-electron chi connectivity index (χ3n) is 5.85. The van der Waals surface area contributed by atoms with E-state index >= 15 is 0 Å². The zero-order valence-corrected chi connectivity index (χ0v) is 19.5. The summed E-state index contributed by atoms with van der Waals surface area (Å²) in [5.74, 6) is -1.43. The first kappa shape index (κ1) is 23.7. The SMILES string of the molecule is CC(C)c1cc(-c2nnc(C(=O)NC3CCS(=O)(=O)CC3)n2-c2ccc(F)cc2)c(O)cc1O. The average Bonchev–Trinajstić information content (AvgIpc) is 3.20. The molecule has 2 aromatic carbocycles. The van der Waals surface area contributed by atoms with Crippen molar-refractivity contribution in [2.24, 2.45) is 0 Å². The maximum Gasteiger partial charge on any atom is 0.289 e. The molecular weight excluding hydrogens is 463 g/mol. The molecule has 3 N–H and O–H groups in total. The van der Waals surface area contributed by atoms with Gasteiger partial charge in [0.05, 0.1) is 17.1 Å². The molecule has 34 heavy (non-hydrogen) atoms. The second kappa shape index (κ2) is 9.05. The van der Waals surface area contributed by atoms with Crippen molar-refractivity contribution in [2.45, 2.75) is 38.6 Å². The van der Waals surface area contributed by atoms with E-state index in [4.69, 9.17) is 0 Å². The minimum absolute atomic E-state index is 0.00674. The Labute approximate surface area is 196 Å². The van der Waals surface area contributed by atoms with Crippen LogP contribution in [0.4, 0.5) is 4.39 Å². The molecule has 0 atom stereocenters. The van der Waals surface area contributed by atoms with Gasteiger partial charge in [-0.3, -0.25) is 9.36 Å². The Bertz CT molecular complexity index is 1320. The van der Waals surface area contributed by atoms with Gasteiger partial charge in [-0.2, -0.15) is 0 Å². The molecule has 0 radical (unpaired) electrons. The van der Waals surface area contributed by atoms with Gasteiger partial charge >= 0.3 is 0 Å². The highest BCUT2D eigenvalue weighted by atomic mass is 32.2. The minimum atomic E-state index is -3.09. The first-order chi connectivity index (χ1) is 16.1. The molecule has 1 aliphatic rings. The lowest BCUT2D eigenvalue weighted by molar-refractivity contribution is 0.0921. The van der Waals surface area contributed by atoms with Crippen molar-refractivity contribution in [2.75, 3.05) is 11.5 Å². The summed E-state index contributed by atoms with van der Waals surface area (Å²) in [4.78, 5) is 13.1. The molecule has 4 rings (SSSR count). The lowest BCUT2D eigenvalue weighted by Crippen LogP contribution is -2.41. The topological polar surface area (TPSA) is 134 Å². The summed E-state index contributed by atoms with van der Waals surface area (Å²) < 4.78 is 38.4. The third kappa shape index (κ3) is 4.74. The first-order valence-corrected chi connectivity index (χ1v) is 12.7. The smallest absolute Gasteiger partial charge is 0.289 e. The molecule has 1 aromatic heterocycles. The largest absolute Gasteiger partial charge is 0.508 e. The Morgan fingerprint density at radius 3 is 2.35 bits per heavy atom. The second-order valence-electron chi connectivity index (χ2n) is 8.64. The summed E-state index contributed by atoms with van der Waals surface area (Å²) in [7, 11) is -3.09. The van der Waals surface area contributed by atoms with Crippen molar-refractivity contribution >= 4 is 15.7 Å². The number of sulfone groups is 1. The quantitative estimate of drug-likeness (QED) is 0.503. The van der Waals surface area contributed by atoms with Gasteiger partial charge in [0.25, 0.3) is 5.91 Å². The monoisotopic (exact) mass is 488 g/mol. The van der Waals surface area contributed by atoms with Crippen molar-refractivity contribution in [3.63, 3.8) is 0 Å². The van der Waals surface area contributed by atoms with Crippen LogP contribution in [0.1, 0.15) is 48.8 Å². The van der Waals surface area contributed by atoms with Crippen molar-refractivity contribution < 1.29 is 27.8 Å². The molecule has 2 heterocycles. The molecule has 3 aromatic rings. The highest BCUT2D eigenvalue weighted by Gasteiger charge is 2.29. The fourth-order valence-corrected chi connectivity index (χ4v) is 5.45. The van der Waals surface area contributed by atoms with Crippen LogP contribution in [0, 0.1) is 5.82 Å². The van der Waals surface area contributed by atoms with Gasteiger partial charge in [-0.15, -0.1) is 10.2 Å². The van der Waals surface area contributed by atoms with Crippen LogP contribution in [0.25, 0.3) is 17.1 Å². The molecule has 1 fully saturated rings. The van der Waals surface area contributed by atoms with Gasteiger partial charge in [-0.1, -0.05) is 13.8 Å². The summed E-state index contributed by atoms with van der Waals surface area (Å²) in [6, 6.07) is 7.79. The van der Waals surface area contributed by atoms with Crippen LogP contribution >= 0.6 is 0 Å². The van der Waals surface area contributed by atoms with E-state index in [1.54, 1.807) is 6.07 Å². The molecule has 0 unspecified atom stereocenters. The van der Waals surface area contributed by atoms with Crippen LogP contribution in [0.5, 0.6) is 11.5 Å². The van der Waals surface area contributed by atoms with Crippen molar-refractivity contribution in [3.8, 4) is 28.6 Å². The Morgan fingerprint density at radius 2 is 1.74 bits per heavy atom. The molecule has 1 saturated heterocycles. The maximum atomic E-state index is 13.6. The summed E-state index contributed by atoms with van der Waals surface area (Å²) in [6.45, 7) is 3.76. The molecule has 0 spiro atoms. The summed E-state index contributed by atoms with van der Waals surface area (Å²) in [5, 5.41) is 31.8. The zero-order valence-electron chi connectivity index (χ0n) is 18.7. The lowest BCUT2D eigenvalue weighted by atomic mass is 9.98. The second-order valence-corrected chi connectivity index (χ2v) is 10.9. The Balaban J connectivity index is 1.78. The highest BCUT2D eigenvalue weighted by molar-refractivity contribution is 7.91. The van der Waals surface area contributed by atoms with E-state index < -0.39 is 21.6 Å². The van der Waals surface area contributed by atoms with Gasteiger partial charge in [0.15, 0.2) is 5.82 Å². The van der Waals surface area contributed by atoms with Crippen molar-refractivity contribution in [3.05, 3.63) is 53.6 Å². The van der Waals surface area contributed by atoms with Crippen molar-refractivity contribution in [1.29, 1.82) is 0 Å². The Morgan fingerprint density at radius 1 is 1.09 bits per heavy atom. The van der Waals surface area contributed by atoms with Crippen LogP contribution < -0.4 is 5.32 Å². The number of rotatable bonds is 5. The molecule has 0 bridgehead atoms. The number of hydrogen-bond acceptors (Lipinski definition) is 7. The number of aromatic nitrogens is 3. The lowest BCUT2D eigenvalue weighted by Gasteiger charge is -2.23. The van der Waals surface area contributed by atoms with Gasteiger partial charge in [-0.05, 0) is 54.7 Å². The maximum absolute atomic E-state index is 13.6. The van der Waals surface area contributed by atoms with Gasteiger partial charge in [-0.25, -0.2) is 12.8 Å². The van der Waals surface area contributed by atoms with E-state index in [1.165, 1.54) is 34.9 Å². The fraction of sp³-hybridized carbons (Fsp3) is 0.348. The zero-order chi connectivity index (χ0) is 24.6. The number of carbonyl (C=O) groups excluding carboxylic acids is 1. The predicted molar refractivity (Wildman–Crippen MR) is 123 cm³/mol. The molecular formula is C23H25FN4O5S. The molecule has 11 heteroatoms. The van der Waals surface area contributed by atoms with Gasteiger partial charge in [0.2, 0.25) is 5.82 Å². The number of benzene rings is 2. The number of carbonyl (C=O) groups is 1. The number of phenolic OH excluding ortho intramolecular Hbond substituents is 2. The van der Waals surface area contributed by atoms with Crippen LogP contribution in [-0.2, 0) is 9.84 Å². The van der Waals surface area contributed by atoms with E-state index in [0.717, 1.165) is 0 Å². The number of halogens is 1. The molecule has 0 saturated carbocycles. The summed E-state index contributed by atoms with van der Waals surface area (Å²) >= 11 is 0. The predicted octanol–water partition coefficient (Wildman–Crippen LogP) is 2.92. The number of aromatic hydroxyl groups is 2. The molecule has 1 aliphatic heterocycles. The number of nitrogens with zero attached hydrogens (tertiary/aromatic N) is 3. The molecule has 180 valence electrons. The van der Waals surface area contributed by atoms with E-state index in [-0.39, 0.29) is 52.2 Å². The van der Waals surface area contributed by atoms with Crippen LogP contribution in [0.15, 0.2) is 36.4 Å². The highest BCUT2D eigenvalue weighted by Crippen LogP contribution is 2.38. The standard InChI is InChI=1S/C23H25FN4O5S/c1-13(2)17-11-18(20(30)12-19(17)29)21-26-27-22(28(21)16-5-3-14(24)4-6-16)23(31)25-15-7-9-34(32,33)10-8-15/h3-6,11-13,15,29-30H,7-10H2,1-2H3,(H,25,31). The van der Waals surface area contributed by atoms with E-state index in [9.17, 15) is 27.8 Å². The van der Waals surface area contributed by atoms with Crippen LogP contribution in [-0.4, -0.2) is 56.9 Å². The molecule has 1 amide bonds. The van der Waals surface area contributed by atoms with Gasteiger partial charge in [0.1, 0.15) is 27.2 Å². The fourth-order valence-electron chi connectivity index (χ4n) is 3.96. The number of phenols is 2. The van der Waals surface area contributed by atoms with Crippen molar-refractivity contribution in [1.82, 2.24) is 20.1 Å². The summed E-state index contributed by atoms with van der Waals surface area (Å²) in [6.07, 6.45) is 0.588. The van der Waals surface area contributed by atoms with E-state index in [1.807, 2.05) is 13.8 Å². The Kier molecular flexibility index (Phi) is 6.30. The van der Waals surface area contributed by atoms with Crippen LogP contribution in [0.2, 0.25) is 0 Å². The average molecular weight is 489 g/mol. The van der Waals surface area contributed by atoms with Gasteiger partial charge < -0.3 is 15.5 Å². The number of amides is 1. The van der Waals surface area contributed by atoms with E-state index in [2.05, 4.69) is 15.5 Å². The number of nitrogens with one attached hydrogen (secondary N) is 1. The summed E-state index contributed by atoms with van der Waals surface area (Å²) in [5.41, 5.74) is 1.19. The number of hydrogen-bond donors (Lipinski definition) is 3. The van der Waals surface area contributed by atoms with Crippen LogP contribution in [0.3, 0.4) is 0 Å². The normalized spacial score (nSPS) is 16.0. The molecule has 0 aliphatic carbocycles. The minimum Gasteiger partial charge on any atom is -0.508 e.